The summed E-state index contributed by atoms with van der Waals surface area (Å²) in [5, 5.41) is 0. The molecule has 0 spiro atoms. The highest BCUT2D eigenvalue weighted by atomic mass is 79.9. The standard InChI is InChI=1S/C25H18BrNO5/c1-15-3-5-16(6-4-15)23-27-21(25(29)32-23)14-18-13-19(26)9-12-22(18)31-24(28)17-7-10-20(30-2)11-8-17/h3-14H,1-2H3/b21-14+. The van der Waals surface area contributed by atoms with Crippen molar-refractivity contribution in [2.24, 2.45) is 4.99 Å². The fraction of sp³-hybridized carbons (Fsp3) is 0.0800. The van der Waals surface area contributed by atoms with Crippen LogP contribution in [0.15, 0.2) is 81.9 Å². The number of cyclic esters (lactones) is 1. The molecule has 0 atom stereocenters. The molecule has 7 heteroatoms. The van der Waals surface area contributed by atoms with Crippen molar-refractivity contribution in [1.82, 2.24) is 0 Å². The van der Waals surface area contributed by atoms with Crippen molar-refractivity contribution in [3.63, 3.8) is 0 Å². The molecule has 0 N–H and O–H groups in total. The smallest absolute Gasteiger partial charge is 0.363 e. The lowest BCUT2D eigenvalue weighted by atomic mass is 10.1. The van der Waals surface area contributed by atoms with Gasteiger partial charge in [-0.25, -0.2) is 14.6 Å². The minimum atomic E-state index is -0.576. The molecule has 0 unspecified atom stereocenters. The molecule has 0 aliphatic carbocycles. The highest BCUT2D eigenvalue weighted by molar-refractivity contribution is 9.10. The fourth-order valence-electron chi connectivity index (χ4n) is 2.99. The fourth-order valence-corrected chi connectivity index (χ4v) is 3.37. The third-order valence-corrected chi connectivity index (χ3v) is 5.20. The van der Waals surface area contributed by atoms with Gasteiger partial charge in [-0.05, 0) is 67.6 Å². The third kappa shape index (κ3) is 4.78. The van der Waals surface area contributed by atoms with E-state index in [-0.39, 0.29) is 17.3 Å². The summed E-state index contributed by atoms with van der Waals surface area (Å²) in [4.78, 5) is 29.3. The van der Waals surface area contributed by atoms with Crippen LogP contribution in [0.4, 0.5) is 0 Å². The van der Waals surface area contributed by atoms with Gasteiger partial charge in [0.15, 0.2) is 5.70 Å². The number of aryl methyl sites for hydroxylation is 1. The van der Waals surface area contributed by atoms with E-state index in [0.29, 0.717) is 22.4 Å². The first kappa shape index (κ1) is 21.5. The molecule has 0 amide bonds. The van der Waals surface area contributed by atoms with Gasteiger partial charge in [0.05, 0.1) is 12.7 Å². The minimum Gasteiger partial charge on any atom is -0.497 e. The molecular weight excluding hydrogens is 474 g/mol. The monoisotopic (exact) mass is 491 g/mol. The Morgan fingerprint density at radius 3 is 2.44 bits per heavy atom. The molecule has 0 saturated carbocycles. The quantitative estimate of drug-likeness (QED) is 0.274. The number of ether oxygens (including phenoxy) is 3. The summed E-state index contributed by atoms with van der Waals surface area (Å²) in [6, 6.07) is 19.2. The third-order valence-electron chi connectivity index (χ3n) is 4.71. The van der Waals surface area contributed by atoms with Crippen molar-refractivity contribution < 1.29 is 23.8 Å². The number of hydrogen-bond donors (Lipinski definition) is 0. The van der Waals surface area contributed by atoms with E-state index < -0.39 is 11.9 Å². The zero-order valence-electron chi connectivity index (χ0n) is 17.3. The average Bonchev–Trinajstić information content (AvgIpc) is 3.16. The Morgan fingerprint density at radius 1 is 1.03 bits per heavy atom. The Balaban J connectivity index is 1.63. The first-order valence-corrected chi connectivity index (χ1v) is 10.5. The summed E-state index contributed by atoms with van der Waals surface area (Å²) >= 11 is 3.41. The number of carbonyl (C=O) groups excluding carboxylic acids is 2. The van der Waals surface area contributed by atoms with E-state index in [4.69, 9.17) is 14.2 Å². The number of hydrogen-bond acceptors (Lipinski definition) is 6. The molecule has 4 rings (SSSR count). The SMILES string of the molecule is COc1ccc(C(=O)Oc2ccc(Br)cc2/C=C2/N=C(c3ccc(C)cc3)OC2=O)cc1. The van der Waals surface area contributed by atoms with E-state index in [9.17, 15) is 9.59 Å². The average molecular weight is 492 g/mol. The van der Waals surface area contributed by atoms with Crippen LogP contribution in [-0.4, -0.2) is 24.9 Å². The predicted octanol–water partition coefficient (Wildman–Crippen LogP) is 5.33. The van der Waals surface area contributed by atoms with Gasteiger partial charge in [-0.2, -0.15) is 0 Å². The van der Waals surface area contributed by atoms with Crippen molar-refractivity contribution in [2.75, 3.05) is 7.11 Å². The molecule has 0 radical (unpaired) electrons. The largest absolute Gasteiger partial charge is 0.497 e. The van der Waals surface area contributed by atoms with Crippen LogP contribution in [0, 0.1) is 6.92 Å². The maximum Gasteiger partial charge on any atom is 0.363 e. The van der Waals surface area contributed by atoms with E-state index in [2.05, 4.69) is 20.9 Å². The topological polar surface area (TPSA) is 74.2 Å². The molecule has 0 saturated heterocycles. The second kappa shape index (κ2) is 9.20. The van der Waals surface area contributed by atoms with Crippen LogP contribution in [0.25, 0.3) is 6.08 Å². The van der Waals surface area contributed by atoms with Gasteiger partial charge in [-0.15, -0.1) is 0 Å². The number of esters is 2. The lowest BCUT2D eigenvalue weighted by Crippen LogP contribution is -2.09. The summed E-state index contributed by atoms with van der Waals surface area (Å²) in [6.45, 7) is 1.97. The number of nitrogens with zero attached hydrogens (tertiary/aromatic N) is 1. The Hall–Kier alpha value is -3.71. The van der Waals surface area contributed by atoms with Gasteiger partial charge in [0, 0.05) is 15.6 Å². The van der Waals surface area contributed by atoms with Gasteiger partial charge < -0.3 is 14.2 Å². The molecular formula is C25H18BrNO5. The van der Waals surface area contributed by atoms with E-state index in [1.54, 1.807) is 49.6 Å². The summed E-state index contributed by atoms with van der Waals surface area (Å²) < 4.78 is 16.8. The van der Waals surface area contributed by atoms with E-state index in [0.717, 1.165) is 10.0 Å². The lowest BCUT2D eigenvalue weighted by molar-refractivity contribution is -0.129. The van der Waals surface area contributed by atoms with Crippen LogP contribution in [-0.2, 0) is 9.53 Å². The molecule has 32 heavy (non-hydrogen) atoms. The Kier molecular flexibility index (Phi) is 6.18. The molecule has 1 aliphatic rings. The van der Waals surface area contributed by atoms with Crippen LogP contribution >= 0.6 is 15.9 Å². The minimum absolute atomic E-state index is 0.112. The molecule has 0 bridgehead atoms. The number of carbonyl (C=O) groups is 2. The van der Waals surface area contributed by atoms with Crippen LogP contribution in [0.1, 0.15) is 27.0 Å². The lowest BCUT2D eigenvalue weighted by Gasteiger charge is -2.09. The van der Waals surface area contributed by atoms with E-state index in [1.807, 2.05) is 31.2 Å². The van der Waals surface area contributed by atoms with Crippen molar-refractivity contribution in [2.45, 2.75) is 6.92 Å². The highest BCUT2D eigenvalue weighted by Crippen LogP contribution is 2.28. The van der Waals surface area contributed by atoms with E-state index >= 15 is 0 Å². The Labute approximate surface area is 193 Å². The summed E-state index contributed by atoms with van der Waals surface area (Å²) in [5.41, 5.74) is 2.77. The van der Waals surface area contributed by atoms with Gasteiger partial charge in [-0.3, -0.25) is 0 Å². The van der Waals surface area contributed by atoms with Gasteiger partial charge >= 0.3 is 11.9 Å². The number of aliphatic imine (C=N–C) groups is 1. The zero-order valence-corrected chi connectivity index (χ0v) is 18.9. The van der Waals surface area contributed by atoms with Crippen molar-refractivity contribution >= 4 is 39.8 Å². The Bertz CT molecular complexity index is 1240. The molecule has 3 aromatic carbocycles. The molecule has 3 aromatic rings. The molecule has 1 aliphatic heterocycles. The Morgan fingerprint density at radius 2 is 1.75 bits per heavy atom. The second-order valence-corrected chi connectivity index (χ2v) is 7.92. The predicted molar refractivity (Wildman–Crippen MR) is 124 cm³/mol. The van der Waals surface area contributed by atoms with Crippen LogP contribution < -0.4 is 9.47 Å². The van der Waals surface area contributed by atoms with Gasteiger partial charge in [0.25, 0.3) is 0 Å². The maximum atomic E-state index is 12.6. The van der Waals surface area contributed by atoms with Crippen molar-refractivity contribution in [3.05, 3.63) is 99.2 Å². The molecule has 0 aromatic heterocycles. The molecule has 0 fully saturated rings. The molecule has 6 nitrogen and oxygen atoms in total. The summed E-state index contributed by atoms with van der Waals surface area (Å²) in [7, 11) is 1.55. The molecule has 1 heterocycles. The van der Waals surface area contributed by atoms with E-state index in [1.165, 1.54) is 6.08 Å². The number of rotatable bonds is 5. The normalized spacial score (nSPS) is 14.2. The maximum absolute atomic E-state index is 12.6. The second-order valence-electron chi connectivity index (χ2n) is 7.00. The van der Waals surface area contributed by atoms with Crippen molar-refractivity contribution in [1.29, 1.82) is 0 Å². The number of benzene rings is 3. The van der Waals surface area contributed by atoms with Crippen LogP contribution in [0.3, 0.4) is 0 Å². The highest BCUT2D eigenvalue weighted by Gasteiger charge is 2.25. The first-order chi connectivity index (χ1) is 15.4. The van der Waals surface area contributed by atoms with Gasteiger partial charge in [0.2, 0.25) is 5.90 Å². The number of methoxy groups -OCH3 is 1. The number of halogens is 1. The van der Waals surface area contributed by atoms with Crippen LogP contribution in [0.2, 0.25) is 0 Å². The summed E-state index contributed by atoms with van der Waals surface area (Å²) in [5.74, 6) is 0.0411. The van der Waals surface area contributed by atoms with Gasteiger partial charge in [0.1, 0.15) is 11.5 Å². The first-order valence-electron chi connectivity index (χ1n) is 9.68. The van der Waals surface area contributed by atoms with Crippen molar-refractivity contribution in [3.8, 4) is 11.5 Å². The summed E-state index contributed by atoms with van der Waals surface area (Å²) in [6.07, 6.45) is 1.53. The molecule has 160 valence electrons. The van der Waals surface area contributed by atoms with Gasteiger partial charge in [-0.1, -0.05) is 33.6 Å². The van der Waals surface area contributed by atoms with Crippen LogP contribution in [0.5, 0.6) is 11.5 Å². The zero-order chi connectivity index (χ0) is 22.7.